The van der Waals surface area contributed by atoms with Crippen LogP contribution in [0.3, 0.4) is 0 Å². The first-order chi connectivity index (χ1) is 6.95. The molecule has 86 valence electrons. The van der Waals surface area contributed by atoms with E-state index in [-0.39, 0.29) is 5.54 Å². The number of nitrogens with one attached hydrogen (secondary N) is 1. The summed E-state index contributed by atoms with van der Waals surface area (Å²) in [6.45, 7) is 17.0. The van der Waals surface area contributed by atoms with Crippen LogP contribution < -0.4 is 5.32 Å². The summed E-state index contributed by atoms with van der Waals surface area (Å²) in [5.74, 6) is 0. The summed E-state index contributed by atoms with van der Waals surface area (Å²) in [5.41, 5.74) is 3.31. The Morgan fingerprint density at radius 2 is 2.07 bits per heavy atom. The lowest BCUT2D eigenvalue weighted by Crippen LogP contribution is -2.44. The van der Waals surface area contributed by atoms with E-state index in [9.17, 15) is 0 Å². The highest BCUT2D eigenvalue weighted by molar-refractivity contribution is 5.22. The summed E-state index contributed by atoms with van der Waals surface area (Å²) in [6.07, 6.45) is 1.99. The van der Waals surface area contributed by atoms with Gasteiger partial charge in [0.15, 0.2) is 0 Å². The first kappa shape index (κ1) is 12.5. The van der Waals surface area contributed by atoms with E-state index < -0.39 is 0 Å². The maximum absolute atomic E-state index is 3.83. The van der Waals surface area contributed by atoms with Crippen molar-refractivity contribution in [1.29, 1.82) is 0 Å². The molecule has 1 heterocycles. The molecule has 0 aromatic carbocycles. The van der Waals surface area contributed by atoms with E-state index in [1.54, 1.807) is 5.57 Å². The zero-order chi connectivity index (χ0) is 11.5. The summed E-state index contributed by atoms with van der Waals surface area (Å²) in [5, 5.41) is 3.29. The lowest BCUT2D eigenvalue weighted by atomic mass is 10.0. The fraction of sp³-hybridized carbons (Fsp3) is 0.692. The Labute approximate surface area is 94.0 Å². The van der Waals surface area contributed by atoms with Crippen LogP contribution in [0, 0.1) is 0 Å². The minimum absolute atomic E-state index is 0.215. The van der Waals surface area contributed by atoms with Crippen molar-refractivity contribution in [3.05, 3.63) is 23.8 Å². The third kappa shape index (κ3) is 3.47. The van der Waals surface area contributed by atoms with Gasteiger partial charge in [-0.15, -0.1) is 6.58 Å². The molecule has 0 radical (unpaired) electrons. The average molecular weight is 208 g/mol. The van der Waals surface area contributed by atoms with E-state index in [0.29, 0.717) is 0 Å². The Bertz CT molecular complexity index is 252. The van der Waals surface area contributed by atoms with E-state index in [0.717, 1.165) is 26.2 Å². The van der Waals surface area contributed by atoms with Crippen LogP contribution in [0.25, 0.3) is 0 Å². The number of hydrogen-bond acceptors (Lipinski definition) is 2. The van der Waals surface area contributed by atoms with Crippen molar-refractivity contribution in [1.82, 2.24) is 10.2 Å². The molecule has 1 rings (SSSR count). The first-order valence-electron chi connectivity index (χ1n) is 5.69. The average Bonchev–Trinajstić information content (AvgIpc) is 1.98. The van der Waals surface area contributed by atoms with Crippen LogP contribution in [-0.2, 0) is 0 Å². The fourth-order valence-corrected chi connectivity index (χ4v) is 1.68. The Morgan fingerprint density at radius 3 is 2.40 bits per heavy atom. The van der Waals surface area contributed by atoms with Gasteiger partial charge >= 0.3 is 0 Å². The third-order valence-electron chi connectivity index (χ3n) is 3.01. The Morgan fingerprint density at radius 1 is 1.47 bits per heavy atom. The topological polar surface area (TPSA) is 15.3 Å². The van der Waals surface area contributed by atoms with Gasteiger partial charge < -0.3 is 5.32 Å². The van der Waals surface area contributed by atoms with Gasteiger partial charge in [-0.1, -0.05) is 11.6 Å². The van der Waals surface area contributed by atoms with Crippen LogP contribution in [0.15, 0.2) is 23.8 Å². The molecule has 0 atom stereocenters. The van der Waals surface area contributed by atoms with Crippen molar-refractivity contribution in [2.45, 2.75) is 33.2 Å². The molecule has 1 aliphatic heterocycles. The smallest absolute Gasteiger partial charge is 0.0202 e. The lowest BCUT2D eigenvalue weighted by Gasteiger charge is -2.36. The Kier molecular flexibility index (Phi) is 4.12. The van der Waals surface area contributed by atoms with Gasteiger partial charge in [0, 0.05) is 31.7 Å². The second kappa shape index (κ2) is 4.95. The van der Waals surface area contributed by atoms with Crippen molar-refractivity contribution < 1.29 is 0 Å². The molecule has 15 heavy (non-hydrogen) atoms. The largest absolute Gasteiger partial charge is 0.309 e. The van der Waals surface area contributed by atoms with Gasteiger partial charge in [0.05, 0.1) is 0 Å². The normalized spacial score (nSPS) is 16.5. The van der Waals surface area contributed by atoms with Crippen LogP contribution >= 0.6 is 0 Å². The second-order valence-corrected chi connectivity index (χ2v) is 5.33. The minimum atomic E-state index is 0.215. The molecule has 1 saturated heterocycles. The Hall–Kier alpha value is -0.600. The monoisotopic (exact) mass is 208 g/mol. The van der Waals surface area contributed by atoms with Crippen molar-refractivity contribution in [3.63, 3.8) is 0 Å². The molecule has 1 N–H and O–H groups in total. The molecule has 1 fully saturated rings. The maximum Gasteiger partial charge on any atom is 0.0202 e. The van der Waals surface area contributed by atoms with Crippen molar-refractivity contribution in [3.8, 4) is 0 Å². The highest BCUT2D eigenvalue weighted by atomic mass is 15.2. The fourth-order valence-electron chi connectivity index (χ4n) is 1.68. The quantitative estimate of drug-likeness (QED) is 0.713. The molecular formula is C13H24N2. The molecule has 2 heteroatoms. The summed E-state index contributed by atoms with van der Waals surface area (Å²) >= 11 is 0. The van der Waals surface area contributed by atoms with Crippen molar-refractivity contribution >= 4 is 0 Å². The van der Waals surface area contributed by atoms with E-state index in [2.05, 4.69) is 44.5 Å². The zero-order valence-electron chi connectivity index (χ0n) is 10.6. The van der Waals surface area contributed by atoms with E-state index in [1.807, 2.05) is 6.08 Å². The summed E-state index contributed by atoms with van der Waals surface area (Å²) in [6, 6.07) is 0. The molecule has 2 nitrogen and oxygen atoms in total. The predicted octanol–water partition coefficient (Wildman–Crippen LogP) is 2.19. The van der Waals surface area contributed by atoms with Gasteiger partial charge in [-0.05, 0) is 33.3 Å². The number of rotatable bonds is 4. The van der Waals surface area contributed by atoms with E-state index in [1.165, 1.54) is 5.57 Å². The molecule has 0 spiro atoms. The van der Waals surface area contributed by atoms with Gasteiger partial charge in [0.25, 0.3) is 0 Å². The highest BCUT2D eigenvalue weighted by Gasteiger charge is 2.21. The van der Waals surface area contributed by atoms with Gasteiger partial charge in [-0.25, -0.2) is 0 Å². The van der Waals surface area contributed by atoms with Crippen LogP contribution in [0.1, 0.15) is 27.7 Å². The molecule has 1 aliphatic rings. The van der Waals surface area contributed by atoms with Crippen molar-refractivity contribution in [2.75, 3.05) is 26.2 Å². The molecule has 0 amide bonds. The molecule has 0 unspecified atom stereocenters. The molecule has 0 aromatic rings. The van der Waals surface area contributed by atoms with Gasteiger partial charge in [0.2, 0.25) is 0 Å². The van der Waals surface area contributed by atoms with Gasteiger partial charge in [-0.2, -0.15) is 0 Å². The third-order valence-corrected chi connectivity index (χ3v) is 3.01. The van der Waals surface area contributed by atoms with E-state index >= 15 is 0 Å². The lowest BCUT2D eigenvalue weighted by molar-refractivity contribution is 0.168. The molecule has 0 bridgehead atoms. The second-order valence-electron chi connectivity index (χ2n) is 5.33. The van der Waals surface area contributed by atoms with E-state index in [4.69, 9.17) is 0 Å². The molecule has 0 aliphatic carbocycles. The molecule has 0 saturated carbocycles. The summed E-state index contributed by atoms with van der Waals surface area (Å²) in [7, 11) is 0. The Balaban J connectivity index is 2.62. The summed E-state index contributed by atoms with van der Waals surface area (Å²) < 4.78 is 0. The standard InChI is InChI=1S/C13H24N2/c1-6-7-15(13(3,4)5)10-11(2)12-8-14-9-12/h6,14H,1,7-10H2,2-5H3. The molecular weight excluding hydrogens is 184 g/mol. The SMILES string of the molecule is C=CCN(CC(C)=C1CNC1)C(C)(C)C. The predicted molar refractivity (Wildman–Crippen MR) is 67.1 cm³/mol. The number of nitrogens with zero attached hydrogens (tertiary/aromatic N) is 1. The highest BCUT2D eigenvalue weighted by Crippen LogP contribution is 2.17. The number of hydrogen-bond donors (Lipinski definition) is 1. The van der Waals surface area contributed by atoms with Crippen LogP contribution in [0.2, 0.25) is 0 Å². The first-order valence-corrected chi connectivity index (χ1v) is 5.69. The summed E-state index contributed by atoms with van der Waals surface area (Å²) in [4.78, 5) is 2.46. The van der Waals surface area contributed by atoms with Gasteiger partial charge in [0.1, 0.15) is 0 Å². The molecule has 0 aromatic heterocycles. The van der Waals surface area contributed by atoms with Crippen LogP contribution in [-0.4, -0.2) is 36.6 Å². The minimum Gasteiger partial charge on any atom is -0.309 e. The van der Waals surface area contributed by atoms with Gasteiger partial charge in [-0.3, -0.25) is 4.90 Å². The van der Waals surface area contributed by atoms with Crippen LogP contribution in [0.4, 0.5) is 0 Å². The maximum atomic E-state index is 3.83. The zero-order valence-corrected chi connectivity index (χ0v) is 10.6. The van der Waals surface area contributed by atoms with Crippen LogP contribution in [0.5, 0.6) is 0 Å². The van der Waals surface area contributed by atoms with Crippen molar-refractivity contribution in [2.24, 2.45) is 0 Å².